The van der Waals surface area contributed by atoms with E-state index in [4.69, 9.17) is 0 Å². The Bertz CT molecular complexity index is 8270. The van der Waals surface area contributed by atoms with Gasteiger partial charge in [0.25, 0.3) is 0 Å². The third-order valence-electron chi connectivity index (χ3n) is 28.3. The Morgan fingerprint density at radius 1 is 0.122 bits per heavy atom. The lowest BCUT2D eigenvalue weighted by Crippen LogP contribution is -2.14. The number of fused-ring (bicyclic) bond motifs is 18. The third-order valence-corrected chi connectivity index (χ3v) is 28.3. The molecule has 0 N–H and O–H groups in total. The fraction of sp³-hybridized carbons (Fsp3) is 0.0732. The van der Waals surface area contributed by atoms with Crippen molar-refractivity contribution >= 4 is 97.0 Å². The molecule has 0 nitrogen and oxygen atoms in total. The lowest BCUT2D eigenvalue weighted by molar-refractivity contribution is 0.660. The number of benzene rings is 22. The first-order valence-corrected chi connectivity index (χ1v) is 43.5. The topological polar surface area (TPSA) is 0 Å². The first kappa shape index (κ1) is 72.2. The van der Waals surface area contributed by atoms with Crippen LogP contribution in [0.15, 0.2) is 413 Å². The molecule has 22 aromatic carbocycles. The van der Waals surface area contributed by atoms with E-state index in [-0.39, 0.29) is 16.2 Å². The van der Waals surface area contributed by atoms with Crippen LogP contribution in [0.2, 0.25) is 0 Å². The summed E-state index contributed by atoms with van der Waals surface area (Å²) in [5, 5.41) is 22.7. The molecule has 3 aliphatic rings. The fourth-order valence-corrected chi connectivity index (χ4v) is 22.4. The van der Waals surface area contributed by atoms with Gasteiger partial charge in [0.2, 0.25) is 0 Å². The van der Waals surface area contributed by atoms with E-state index in [9.17, 15) is 0 Å². The monoisotopic (exact) mass is 1560 g/mol. The summed E-state index contributed by atoms with van der Waals surface area (Å²) in [4.78, 5) is 0. The van der Waals surface area contributed by atoms with Crippen molar-refractivity contribution in [1.82, 2.24) is 0 Å². The molecule has 578 valence electrons. The first-order valence-electron chi connectivity index (χ1n) is 43.5. The number of hydrogen-bond donors (Lipinski definition) is 0. The second-order valence-corrected chi connectivity index (χ2v) is 35.9. The van der Waals surface area contributed by atoms with E-state index < -0.39 is 0 Å². The standard InChI is InChI=1S/C64H46.C59H40/c1-63(2)58-27-14-12-22-49(58)55-37-42(30-35-59(55)63)61-51-23-9-10-24-52(51)62(54-32-29-40(36-56(54)61)44-25-15-17-39-16-5-6-18-43(39)44)53-34-33-45(46-19-7-8-20-47(46)53)41-28-31-50-48-21-11-13-26-57(48)64(3,4)60(50)38-41;1-59(2)55-25-12-11-21-48(55)53-36-42(29-33-56(53)59)57-49-22-9-10-23-50(49)58(52-30-28-41(35-54(52)57)44-24-13-17-38-15-5-6-18-43(38)44)51-32-31-45(46-19-7-8-20-47(46)51)40-27-26-37-14-3-4-16-39(37)34-40/h5-38H,1-4H3;3-36H,1-2H3. The summed E-state index contributed by atoms with van der Waals surface area (Å²) in [6, 6.07) is 155. The highest BCUT2D eigenvalue weighted by atomic mass is 14.4. The lowest BCUT2D eigenvalue weighted by Gasteiger charge is -2.23. The molecule has 0 amide bonds. The van der Waals surface area contributed by atoms with Gasteiger partial charge in [0.05, 0.1) is 0 Å². The molecule has 0 aromatic heterocycles. The van der Waals surface area contributed by atoms with Gasteiger partial charge in [-0.3, -0.25) is 0 Å². The van der Waals surface area contributed by atoms with Crippen LogP contribution >= 0.6 is 0 Å². The van der Waals surface area contributed by atoms with E-state index in [1.807, 2.05) is 0 Å². The average molecular weight is 1560 g/mol. The van der Waals surface area contributed by atoms with Crippen molar-refractivity contribution in [2.45, 2.75) is 57.8 Å². The zero-order chi connectivity index (χ0) is 82.1. The van der Waals surface area contributed by atoms with Crippen LogP contribution in [0.3, 0.4) is 0 Å². The lowest BCUT2D eigenvalue weighted by atomic mass is 9.80. The van der Waals surface area contributed by atoms with Crippen LogP contribution in [0.1, 0.15) is 74.9 Å². The highest BCUT2D eigenvalue weighted by Crippen LogP contribution is 2.57. The normalized spacial score (nSPS) is 13.6. The molecule has 0 fully saturated rings. The minimum absolute atomic E-state index is 0.0555. The van der Waals surface area contributed by atoms with Crippen LogP contribution in [-0.2, 0) is 16.2 Å². The second-order valence-electron chi connectivity index (χ2n) is 35.9. The van der Waals surface area contributed by atoms with Gasteiger partial charge >= 0.3 is 0 Å². The molecular formula is C123H86. The molecule has 0 saturated carbocycles. The van der Waals surface area contributed by atoms with E-state index in [0.29, 0.717) is 0 Å². The molecular weight excluding hydrogens is 1480 g/mol. The maximum Gasteiger partial charge on any atom is 0.0159 e. The maximum absolute atomic E-state index is 2.48. The van der Waals surface area contributed by atoms with Gasteiger partial charge < -0.3 is 0 Å². The van der Waals surface area contributed by atoms with Crippen molar-refractivity contribution in [2.24, 2.45) is 0 Å². The fourth-order valence-electron chi connectivity index (χ4n) is 22.4. The van der Waals surface area contributed by atoms with Crippen molar-refractivity contribution < 1.29 is 0 Å². The Hall–Kier alpha value is -14.8. The van der Waals surface area contributed by atoms with Crippen LogP contribution in [0, 0.1) is 0 Å². The highest BCUT2D eigenvalue weighted by molar-refractivity contribution is 6.27. The van der Waals surface area contributed by atoms with E-state index in [0.717, 1.165) is 0 Å². The van der Waals surface area contributed by atoms with Gasteiger partial charge in [-0.15, -0.1) is 0 Å². The van der Waals surface area contributed by atoms with E-state index in [1.54, 1.807) is 0 Å². The highest BCUT2D eigenvalue weighted by Gasteiger charge is 2.39. The van der Waals surface area contributed by atoms with Gasteiger partial charge in [-0.1, -0.05) is 418 Å². The van der Waals surface area contributed by atoms with Gasteiger partial charge in [0.1, 0.15) is 0 Å². The van der Waals surface area contributed by atoms with Gasteiger partial charge in [0.15, 0.2) is 0 Å². The minimum Gasteiger partial charge on any atom is -0.0619 e. The third kappa shape index (κ3) is 11.1. The molecule has 22 aromatic rings. The Balaban J connectivity index is 0.000000139. The second kappa shape index (κ2) is 27.6. The first-order chi connectivity index (χ1) is 60.3. The SMILES string of the molecule is CC1(C)c2ccccc2-c2cc(-c3c4ccccc4c(-c4ccc(-c5ccc6c(c5)C(C)(C)c5ccccc5-6)c5ccccc45)c4ccc(-c5cccc6ccccc56)cc34)ccc21.CC1(C)c2ccccc2-c2cc(-c3c4ccccc4c(-c4ccc(-c5ccc6ccccc6c5)c5ccccc45)c4ccc(-c5cccc6ccccc56)cc34)ccc21. The molecule has 0 saturated heterocycles. The number of hydrogen-bond acceptors (Lipinski definition) is 0. The molecule has 0 atom stereocenters. The quantitative estimate of drug-likeness (QED) is 0.133. The Morgan fingerprint density at radius 3 is 0.854 bits per heavy atom. The Labute approximate surface area is 718 Å². The van der Waals surface area contributed by atoms with Gasteiger partial charge in [-0.05, 0) is 289 Å². The van der Waals surface area contributed by atoms with Crippen molar-refractivity contribution in [1.29, 1.82) is 0 Å². The average Bonchev–Trinajstić information content (AvgIpc) is 1.37. The Kier molecular flexibility index (Phi) is 16.2. The molecule has 0 bridgehead atoms. The maximum atomic E-state index is 2.48. The predicted molar refractivity (Wildman–Crippen MR) is 527 cm³/mol. The van der Waals surface area contributed by atoms with E-state index in [1.165, 1.54) is 253 Å². The van der Waals surface area contributed by atoms with Crippen molar-refractivity contribution in [3.63, 3.8) is 0 Å². The predicted octanol–water partition coefficient (Wildman–Crippen LogP) is 34.0. The molecule has 0 unspecified atom stereocenters. The van der Waals surface area contributed by atoms with E-state index in [2.05, 4.69) is 454 Å². The smallest absolute Gasteiger partial charge is 0.0159 e. The van der Waals surface area contributed by atoms with Crippen LogP contribution in [0.25, 0.3) is 219 Å². The van der Waals surface area contributed by atoms with Crippen molar-refractivity contribution in [2.75, 3.05) is 0 Å². The summed E-state index contributed by atoms with van der Waals surface area (Å²) < 4.78 is 0. The summed E-state index contributed by atoms with van der Waals surface area (Å²) in [7, 11) is 0. The molecule has 3 aliphatic carbocycles. The van der Waals surface area contributed by atoms with Crippen molar-refractivity contribution in [3.05, 3.63) is 446 Å². The van der Waals surface area contributed by atoms with Crippen LogP contribution in [0.5, 0.6) is 0 Å². The molecule has 0 spiro atoms. The zero-order valence-corrected chi connectivity index (χ0v) is 69.8. The summed E-state index contributed by atoms with van der Waals surface area (Å²) in [6.45, 7) is 14.2. The van der Waals surface area contributed by atoms with Crippen LogP contribution in [-0.4, -0.2) is 0 Å². The van der Waals surface area contributed by atoms with E-state index >= 15 is 0 Å². The minimum atomic E-state index is -0.0689. The van der Waals surface area contributed by atoms with Gasteiger partial charge in [-0.25, -0.2) is 0 Å². The molecule has 123 heavy (non-hydrogen) atoms. The summed E-state index contributed by atoms with van der Waals surface area (Å²) in [6.07, 6.45) is 0. The zero-order valence-electron chi connectivity index (χ0n) is 69.8. The molecule has 0 radical (unpaired) electrons. The molecule has 0 heterocycles. The number of rotatable bonds is 8. The molecule has 0 heteroatoms. The summed E-state index contributed by atoms with van der Waals surface area (Å²) in [5.74, 6) is 0. The van der Waals surface area contributed by atoms with Crippen LogP contribution < -0.4 is 0 Å². The van der Waals surface area contributed by atoms with Crippen molar-refractivity contribution in [3.8, 4) is 122 Å². The summed E-state index contributed by atoms with van der Waals surface area (Å²) in [5.41, 5.74) is 36.3. The van der Waals surface area contributed by atoms with Gasteiger partial charge in [0, 0.05) is 16.2 Å². The largest absolute Gasteiger partial charge is 0.0619 e. The Morgan fingerprint density at radius 2 is 0.390 bits per heavy atom. The van der Waals surface area contributed by atoms with Gasteiger partial charge in [-0.2, -0.15) is 0 Å². The summed E-state index contributed by atoms with van der Waals surface area (Å²) >= 11 is 0. The molecule has 0 aliphatic heterocycles. The van der Waals surface area contributed by atoms with Crippen LogP contribution in [0.4, 0.5) is 0 Å². The molecule has 25 rings (SSSR count).